The summed E-state index contributed by atoms with van der Waals surface area (Å²) >= 11 is 0. The SMILES string of the molecule is C[C@@H]1C=C(OCCNC2CCNCC2)C=C[C@@H]1C. The van der Waals surface area contributed by atoms with Crippen molar-refractivity contribution in [3.8, 4) is 0 Å². The van der Waals surface area contributed by atoms with Gasteiger partial charge < -0.3 is 15.4 Å². The van der Waals surface area contributed by atoms with E-state index < -0.39 is 0 Å². The normalized spacial score (nSPS) is 29.1. The van der Waals surface area contributed by atoms with Crippen molar-refractivity contribution >= 4 is 0 Å². The average Bonchev–Trinajstić information content (AvgIpc) is 2.40. The van der Waals surface area contributed by atoms with Gasteiger partial charge >= 0.3 is 0 Å². The van der Waals surface area contributed by atoms with E-state index >= 15 is 0 Å². The molecule has 0 aromatic heterocycles. The third-order valence-electron chi connectivity index (χ3n) is 3.96. The maximum Gasteiger partial charge on any atom is 0.115 e. The van der Waals surface area contributed by atoms with Crippen LogP contribution in [0.4, 0.5) is 0 Å². The molecule has 0 radical (unpaired) electrons. The van der Waals surface area contributed by atoms with E-state index in [0.717, 1.165) is 32.0 Å². The molecule has 0 amide bonds. The predicted molar refractivity (Wildman–Crippen MR) is 75.4 cm³/mol. The van der Waals surface area contributed by atoms with Crippen molar-refractivity contribution in [2.24, 2.45) is 11.8 Å². The first-order chi connectivity index (χ1) is 8.75. The summed E-state index contributed by atoms with van der Waals surface area (Å²) in [6, 6.07) is 0.671. The summed E-state index contributed by atoms with van der Waals surface area (Å²) in [5, 5.41) is 6.94. The Labute approximate surface area is 111 Å². The first-order valence-corrected chi connectivity index (χ1v) is 7.22. The predicted octanol–water partition coefficient (Wildman–Crippen LogP) is 2.07. The standard InChI is InChI=1S/C15H26N2O/c1-12-3-4-15(11-13(12)2)18-10-9-17-14-5-7-16-8-6-14/h3-4,11-14,16-17H,5-10H2,1-2H3/t12-,13+/m0/s1. The van der Waals surface area contributed by atoms with Crippen LogP contribution in [0.15, 0.2) is 24.0 Å². The fraction of sp³-hybridized carbons (Fsp3) is 0.733. The molecule has 2 aliphatic rings. The molecule has 2 rings (SSSR count). The Bertz CT molecular complexity index is 306. The molecule has 2 atom stereocenters. The Morgan fingerprint density at radius 3 is 2.78 bits per heavy atom. The lowest BCUT2D eigenvalue weighted by atomic mass is 9.91. The van der Waals surface area contributed by atoms with Gasteiger partial charge in [-0.3, -0.25) is 0 Å². The van der Waals surface area contributed by atoms with Crippen LogP contribution < -0.4 is 10.6 Å². The van der Waals surface area contributed by atoms with Crippen molar-refractivity contribution in [2.45, 2.75) is 32.7 Å². The second-order valence-corrected chi connectivity index (χ2v) is 5.47. The Kier molecular flexibility index (Phi) is 5.26. The number of ether oxygens (including phenoxy) is 1. The highest BCUT2D eigenvalue weighted by Crippen LogP contribution is 2.22. The quantitative estimate of drug-likeness (QED) is 0.733. The second-order valence-electron chi connectivity index (χ2n) is 5.47. The van der Waals surface area contributed by atoms with E-state index in [4.69, 9.17) is 4.74 Å². The molecule has 0 spiro atoms. The lowest BCUT2D eigenvalue weighted by Gasteiger charge is -2.24. The van der Waals surface area contributed by atoms with Crippen LogP contribution in [0, 0.1) is 11.8 Å². The van der Waals surface area contributed by atoms with Gasteiger partial charge in [0.15, 0.2) is 0 Å². The molecule has 1 fully saturated rings. The minimum absolute atomic E-state index is 0.586. The highest BCUT2D eigenvalue weighted by molar-refractivity contribution is 5.19. The van der Waals surface area contributed by atoms with Gasteiger partial charge in [-0.1, -0.05) is 19.9 Å². The zero-order valence-electron chi connectivity index (χ0n) is 11.6. The van der Waals surface area contributed by atoms with Gasteiger partial charge in [0.05, 0.1) is 0 Å². The summed E-state index contributed by atoms with van der Waals surface area (Å²) in [5.41, 5.74) is 0. The van der Waals surface area contributed by atoms with Crippen LogP contribution in [-0.4, -0.2) is 32.3 Å². The van der Waals surface area contributed by atoms with Crippen molar-refractivity contribution in [1.29, 1.82) is 0 Å². The second kappa shape index (κ2) is 6.95. The van der Waals surface area contributed by atoms with E-state index in [9.17, 15) is 0 Å². The molecule has 102 valence electrons. The monoisotopic (exact) mass is 250 g/mol. The molecular formula is C15H26N2O. The van der Waals surface area contributed by atoms with Gasteiger partial charge in [0.25, 0.3) is 0 Å². The third kappa shape index (κ3) is 4.14. The fourth-order valence-electron chi connectivity index (χ4n) is 2.44. The van der Waals surface area contributed by atoms with Crippen molar-refractivity contribution in [3.05, 3.63) is 24.0 Å². The minimum Gasteiger partial charge on any atom is -0.493 e. The lowest BCUT2D eigenvalue weighted by Crippen LogP contribution is -2.41. The molecule has 1 heterocycles. The van der Waals surface area contributed by atoms with Crippen LogP contribution in [0.1, 0.15) is 26.7 Å². The smallest absolute Gasteiger partial charge is 0.115 e. The van der Waals surface area contributed by atoms with Crippen molar-refractivity contribution in [2.75, 3.05) is 26.2 Å². The molecule has 1 aliphatic heterocycles. The summed E-state index contributed by atoms with van der Waals surface area (Å²) in [5.74, 6) is 2.25. The minimum atomic E-state index is 0.586. The van der Waals surface area contributed by atoms with E-state index in [2.05, 4.69) is 42.7 Å². The summed E-state index contributed by atoms with van der Waals surface area (Å²) < 4.78 is 5.79. The number of allylic oxidation sites excluding steroid dienone is 3. The molecule has 1 aliphatic carbocycles. The fourth-order valence-corrected chi connectivity index (χ4v) is 2.44. The summed E-state index contributed by atoms with van der Waals surface area (Å²) in [4.78, 5) is 0. The molecule has 0 unspecified atom stereocenters. The Balaban J connectivity index is 1.61. The molecule has 0 aromatic carbocycles. The van der Waals surface area contributed by atoms with E-state index in [1.807, 2.05) is 0 Å². The summed E-state index contributed by atoms with van der Waals surface area (Å²) in [6.07, 6.45) is 9.04. The highest BCUT2D eigenvalue weighted by atomic mass is 16.5. The molecule has 2 N–H and O–H groups in total. The van der Waals surface area contributed by atoms with E-state index in [1.54, 1.807) is 0 Å². The van der Waals surface area contributed by atoms with Gasteiger partial charge in [0, 0.05) is 12.6 Å². The Hall–Kier alpha value is -0.800. The van der Waals surface area contributed by atoms with Crippen LogP contribution in [-0.2, 0) is 4.74 Å². The van der Waals surface area contributed by atoms with Gasteiger partial charge in [-0.05, 0) is 49.9 Å². The maximum absolute atomic E-state index is 5.79. The van der Waals surface area contributed by atoms with Gasteiger partial charge in [0.1, 0.15) is 12.4 Å². The van der Waals surface area contributed by atoms with Crippen molar-refractivity contribution < 1.29 is 4.74 Å². The van der Waals surface area contributed by atoms with Gasteiger partial charge in [-0.2, -0.15) is 0 Å². The van der Waals surface area contributed by atoms with Crippen molar-refractivity contribution in [1.82, 2.24) is 10.6 Å². The summed E-state index contributed by atoms with van der Waals surface area (Å²) in [6.45, 7) is 8.47. The largest absolute Gasteiger partial charge is 0.493 e. The summed E-state index contributed by atoms with van der Waals surface area (Å²) in [7, 11) is 0. The van der Waals surface area contributed by atoms with Crippen molar-refractivity contribution in [3.63, 3.8) is 0 Å². The number of nitrogens with one attached hydrogen (secondary N) is 2. The molecular weight excluding hydrogens is 224 g/mol. The van der Waals surface area contributed by atoms with Crippen LogP contribution >= 0.6 is 0 Å². The lowest BCUT2D eigenvalue weighted by molar-refractivity contribution is 0.211. The van der Waals surface area contributed by atoms with E-state index in [0.29, 0.717) is 17.9 Å². The molecule has 18 heavy (non-hydrogen) atoms. The zero-order valence-corrected chi connectivity index (χ0v) is 11.6. The third-order valence-corrected chi connectivity index (χ3v) is 3.96. The molecule has 0 aromatic rings. The Morgan fingerprint density at radius 2 is 2.06 bits per heavy atom. The van der Waals surface area contributed by atoms with E-state index in [-0.39, 0.29) is 0 Å². The first-order valence-electron chi connectivity index (χ1n) is 7.22. The van der Waals surface area contributed by atoms with Gasteiger partial charge in [-0.25, -0.2) is 0 Å². The number of piperidine rings is 1. The number of rotatable bonds is 5. The first kappa shape index (κ1) is 13.6. The molecule has 0 bridgehead atoms. The van der Waals surface area contributed by atoms with E-state index in [1.165, 1.54) is 12.8 Å². The zero-order chi connectivity index (χ0) is 12.8. The molecule has 0 saturated carbocycles. The Morgan fingerprint density at radius 1 is 1.28 bits per heavy atom. The topological polar surface area (TPSA) is 33.3 Å². The van der Waals surface area contributed by atoms with Gasteiger partial charge in [-0.15, -0.1) is 0 Å². The number of hydrogen-bond acceptors (Lipinski definition) is 3. The van der Waals surface area contributed by atoms with Crippen LogP contribution in [0.2, 0.25) is 0 Å². The van der Waals surface area contributed by atoms with Gasteiger partial charge in [0.2, 0.25) is 0 Å². The number of hydrogen-bond donors (Lipinski definition) is 2. The van der Waals surface area contributed by atoms with Crippen LogP contribution in [0.5, 0.6) is 0 Å². The molecule has 3 nitrogen and oxygen atoms in total. The molecule has 3 heteroatoms. The van der Waals surface area contributed by atoms with Crippen LogP contribution in [0.3, 0.4) is 0 Å². The highest BCUT2D eigenvalue weighted by Gasteiger charge is 2.13. The van der Waals surface area contributed by atoms with Crippen LogP contribution in [0.25, 0.3) is 0 Å². The molecule has 1 saturated heterocycles. The average molecular weight is 250 g/mol. The maximum atomic E-state index is 5.79.